The summed E-state index contributed by atoms with van der Waals surface area (Å²) >= 11 is 5.95. The van der Waals surface area contributed by atoms with E-state index in [4.69, 9.17) is 20.8 Å². The van der Waals surface area contributed by atoms with Crippen molar-refractivity contribution in [3.05, 3.63) is 59.7 Å². The highest BCUT2D eigenvalue weighted by Gasteiger charge is 2.12. The lowest BCUT2D eigenvalue weighted by Crippen LogP contribution is -2.02. The molecule has 0 fully saturated rings. The van der Waals surface area contributed by atoms with E-state index in [0.29, 0.717) is 28.5 Å². The van der Waals surface area contributed by atoms with Crippen molar-refractivity contribution in [3.8, 4) is 23.1 Å². The van der Waals surface area contributed by atoms with Gasteiger partial charge in [-0.1, -0.05) is 11.6 Å². The number of aromatic nitrogens is 4. The van der Waals surface area contributed by atoms with Crippen molar-refractivity contribution in [2.75, 3.05) is 0 Å². The van der Waals surface area contributed by atoms with Gasteiger partial charge in [-0.3, -0.25) is 0 Å². The minimum atomic E-state index is -0.0475. The molecule has 0 spiro atoms. The van der Waals surface area contributed by atoms with Crippen molar-refractivity contribution < 1.29 is 14.3 Å². The monoisotopic (exact) mass is 342 g/mol. The molecule has 4 aromatic heterocycles. The summed E-state index contributed by atoms with van der Waals surface area (Å²) in [6, 6.07) is 10.2. The van der Waals surface area contributed by atoms with Crippen LogP contribution in [0.2, 0.25) is 5.15 Å². The van der Waals surface area contributed by atoms with E-state index in [2.05, 4.69) is 15.1 Å². The Morgan fingerprint density at radius 2 is 2.17 bits per heavy atom. The molecule has 0 radical (unpaired) electrons. The van der Waals surface area contributed by atoms with E-state index in [-0.39, 0.29) is 17.6 Å². The smallest absolute Gasteiger partial charge is 0.215 e. The van der Waals surface area contributed by atoms with Crippen LogP contribution in [0.4, 0.5) is 0 Å². The Labute approximate surface area is 141 Å². The molecule has 4 heterocycles. The van der Waals surface area contributed by atoms with E-state index in [1.54, 1.807) is 42.8 Å². The van der Waals surface area contributed by atoms with Crippen molar-refractivity contribution in [3.63, 3.8) is 0 Å². The highest BCUT2D eigenvalue weighted by molar-refractivity contribution is 6.30. The summed E-state index contributed by atoms with van der Waals surface area (Å²) in [6.45, 7) is 0.136. The van der Waals surface area contributed by atoms with E-state index in [0.717, 1.165) is 0 Å². The molecule has 120 valence electrons. The molecule has 0 aliphatic rings. The van der Waals surface area contributed by atoms with Gasteiger partial charge in [0.1, 0.15) is 12.3 Å². The van der Waals surface area contributed by atoms with Crippen molar-refractivity contribution in [2.24, 2.45) is 0 Å². The third-order valence-corrected chi connectivity index (χ3v) is 3.62. The van der Waals surface area contributed by atoms with Crippen molar-refractivity contribution in [1.82, 2.24) is 19.6 Å². The molecule has 7 nitrogen and oxygen atoms in total. The van der Waals surface area contributed by atoms with Crippen LogP contribution in [0.5, 0.6) is 11.6 Å². The van der Waals surface area contributed by atoms with E-state index in [1.807, 2.05) is 0 Å². The number of pyridine rings is 1. The third kappa shape index (κ3) is 2.65. The maximum absolute atomic E-state index is 10.2. The Morgan fingerprint density at radius 3 is 2.96 bits per heavy atom. The van der Waals surface area contributed by atoms with Gasteiger partial charge >= 0.3 is 0 Å². The fourth-order valence-corrected chi connectivity index (χ4v) is 2.43. The average Bonchev–Trinajstić information content (AvgIpc) is 3.23. The average molecular weight is 343 g/mol. The zero-order valence-corrected chi connectivity index (χ0v) is 13.0. The van der Waals surface area contributed by atoms with Crippen LogP contribution in [0.25, 0.3) is 17.1 Å². The second kappa shape index (κ2) is 5.86. The molecule has 4 aromatic rings. The maximum atomic E-state index is 10.2. The highest BCUT2D eigenvalue weighted by atomic mass is 35.5. The van der Waals surface area contributed by atoms with Gasteiger partial charge in [-0.15, -0.1) is 0 Å². The molecule has 0 saturated heterocycles. The predicted molar refractivity (Wildman–Crippen MR) is 85.9 cm³/mol. The molecular weight excluding hydrogens is 332 g/mol. The van der Waals surface area contributed by atoms with Crippen LogP contribution in [0, 0.1) is 0 Å². The molecule has 0 saturated carbocycles. The number of furan rings is 1. The van der Waals surface area contributed by atoms with Crippen molar-refractivity contribution >= 4 is 17.2 Å². The summed E-state index contributed by atoms with van der Waals surface area (Å²) in [6.07, 6.45) is 3.14. The van der Waals surface area contributed by atoms with Crippen LogP contribution >= 0.6 is 11.6 Å². The number of fused-ring (bicyclic) bond motifs is 1. The van der Waals surface area contributed by atoms with Crippen LogP contribution in [-0.2, 0) is 6.61 Å². The standard InChI is InChI=1S/C16H11ClN4O3/c17-16-13(3-1-5-18-16)24-9-10-7-15(22)21-14(19-10)8-11(20-21)12-4-2-6-23-12/h1-8,22H,9H2. The lowest BCUT2D eigenvalue weighted by molar-refractivity contribution is 0.299. The predicted octanol–water partition coefficient (Wildman–Crippen LogP) is 3.32. The summed E-state index contributed by atoms with van der Waals surface area (Å²) in [5.41, 5.74) is 1.60. The first-order valence-corrected chi connectivity index (χ1v) is 7.44. The van der Waals surface area contributed by atoms with Crippen LogP contribution < -0.4 is 4.74 Å². The fraction of sp³-hybridized carbons (Fsp3) is 0.0625. The molecule has 0 aliphatic heterocycles. The van der Waals surface area contributed by atoms with Crippen LogP contribution in [0.3, 0.4) is 0 Å². The molecular formula is C16H11ClN4O3. The molecule has 1 N–H and O–H groups in total. The number of halogens is 1. The first-order valence-electron chi connectivity index (χ1n) is 7.06. The van der Waals surface area contributed by atoms with Crippen molar-refractivity contribution in [1.29, 1.82) is 0 Å². The Balaban J connectivity index is 1.64. The summed E-state index contributed by atoms with van der Waals surface area (Å²) < 4.78 is 12.2. The zero-order chi connectivity index (χ0) is 16.5. The van der Waals surface area contributed by atoms with E-state index in [9.17, 15) is 5.11 Å². The number of rotatable bonds is 4. The highest BCUT2D eigenvalue weighted by Crippen LogP contribution is 2.24. The number of hydrogen-bond donors (Lipinski definition) is 1. The van der Waals surface area contributed by atoms with Gasteiger partial charge in [0.15, 0.2) is 22.3 Å². The normalized spacial score (nSPS) is 11.0. The Morgan fingerprint density at radius 1 is 1.25 bits per heavy atom. The van der Waals surface area contributed by atoms with E-state index < -0.39 is 0 Å². The summed E-state index contributed by atoms with van der Waals surface area (Å²) in [7, 11) is 0. The van der Waals surface area contributed by atoms with Crippen LogP contribution in [-0.4, -0.2) is 24.7 Å². The minimum Gasteiger partial charge on any atom is -0.493 e. The van der Waals surface area contributed by atoms with Crippen LogP contribution in [0.15, 0.2) is 53.3 Å². The summed E-state index contributed by atoms with van der Waals surface area (Å²) in [5, 5.41) is 14.7. The minimum absolute atomic E-state index is 0.0475. The van der Waals surface area contributed by atoms with Gasteiger partial charge in [0.2, 0.25) is 5.88 Å². The Hall–Kier alpha value is -3.06. The number of ether oxygens (including phenoxy) is 1. The molecule has 0 unspecified atom stereocenters. The molecule has 24 heavy (non-hydrogen) atoms. The lowest BCUT2D eigenvalue weighted by atomic mass is 10.3. The second-order valence-electron chi connectivity index (χ2n) is 4.96. The Kier molecular flexibility index (Phi) is 3.55. The fourth-order valence-electron chi connectivity index (χ4n) is 2.26. The topological polar surface area (TPSA) is 85.7 Å². The summed E-state index contributed by atoms with van der Waals surface area (Å²) in [5.74, 6) is 0.999. The molecule has 4 rings (SSSR count). The Bertz CT molecular complexity index is 998. The quantitative estimate of drug-likeness (QED) is 0.572. The SMILES string of the molecule is Oc1cc(COc2cccnc2Cl)nc2cc(-c3ccco3)nn12. The second-order valence-corrected chi connectivity index (χ2v) is 5.32. The molecule has 0 bridgehead atoms. The molecule has 0 atom stereocenters. The van der Waals surface area contributed by atoms with Gasteiger partial charge < -0.3 is 14.3 Å². The number of hydrogen-bond acceptors (Lipinski definition) is 6. The molecule has 0 aliphatic carbocycles. The van der Waals surface area contributed by atoms with Crippen molar-refractivity contribution in [2.45, 2.75) is 6.61 Å². The summed E-state index contributed by atoms with van der Waals surface area (Å²) in [4.78, 5) is 8.36. The number of nitrogens with zero attached hydrogens (tertiary/aromatic N) is 4. The first kappa shape index (κ1) is 14.5. The van der Waals surface area contributed by atoms with Crippen LogP contribution in [0.1, 0.15) is 5.69 Å². The zero-order valence-electron chi connectivity index (χ0n) is 12.3. The molecule has 8 heteroatoms. The number of aromatic hydroxyl groups is 1. The lowest BCUT2D eigenvalue weighted by Gasteiger charge is -2.07. The van der Waals surface area contributed by atoms with Gasteiger partial charge in [-0.05, 0) is 24.3 Å². The third-order valence-electron chi connectivity index (χ3n) is 3.34. The first-order chi connectivity index (χ1) is 11.7. The van der Waals surface area contributed by atoms with Gasteiger partial charge in [-0.25, -0.2) is 9.97 Å². The maximum Gasteiger partial charge on any atom is 0.215 e. The van der Waals surface area contributed by atoms with Gasteiger partial charge in [0, 0.05) is 18.3 Å². The van der Waals surface area contributed by atoms with E-state index in [1.165, 1.54) is 10.6 Å². The molecule has 0 aromatic carbocycles. The van der Waals surface area contributed by atoms with Gasteiger partial charge in [-0.2, -0.15) is 9.61 Å². The largest absolute Gasteiger partial charge is 0.493 e. The van der Waals surface area contributed by atoms with Gasteiger partial charge in [0.05, 0.1) is 12.0 Å². The van der Waals surface area contributed by atoms with Gasteiger partial charge in [0.25, 0.3) is 0 Å². The molecule has 0 amide bonds. The van der Waals surface area contributed by atoms with E-state index >= 15 is 0 Å².